The Morgan fingerprint density at radius 2 is 1.97 bits per heavy atom. The molecule has 35 heavy (non-hydrogen) atoms. The topological polar surface area (TPSA) is 96.3 Å². The van der Waals surface area contributed by atoms with E-state index in [2.05, 4.69) is 32.0 Å². The summed E-state index contributed by atoms with van der Waals surface area (Å²) in [5.41, 5.74) is 14.4. The van der Waals surface area contributed by atoms with Crippen molar-refractivity contribution < 1.29 is 4.39 Å². The highest BCUT2D eigenvalue weighted by Gasteiger charge is 2.16. The van der Waals surface area contributed by atoms with Gasteiger partial charge in [0.15, 0.2) is 0 Å². The minimum absolute atomic E-state index is 0.276. The number of fused-ring (bicyclic) bond motifs is 2. The zero-order valence-corrected chi connectivity index (χ0v) is 19.6. The first-order chi connectivity index (χ1) is 17.0. The zero-order valence-electron chi connectivity index (χ0n) is 19.6. The third-order valence-electron chi connectivity index (χ3n) is 5.75. The number of allylic oxidation sites excluding steroid dienone is 4. The van der Waals surface area contributed by atoms with Gasteiger partial charge in [-0.3, -0.25) is 10.1 Å². The highest BCUT2D eigenvalue weighted by molar-refractivity contribution is 6.00. The number of hydrogen-bond donors (Lipinski definition) is 3. The molecule has 0 unspecified atom stereocenters. The number of nitrogens with one attached hydrogen (secondary N) is 2. The molecule has 1 aromatic carbocycles. The van der Waals surface area contributed by atoms with Gasteiger partial charge in [-0.05, 0) is 79.8 Å². The summed E-state index contributed by atoms with van der Waals surface area (Å²) in [5, 5.41) is 8.51. The van der Waals surface area contributed by atoms with Gasteiger partial charge in [0.2, 0.25) is 0 Å². The molecule has 5 rings (SSSR count). The van der Waals surface area contributed by atoms with Crippen molar-refractivity contribution in [3.05, 3.63) is 83.7 Å². The van der Waals surface area contributed by atoms with Crippen molar-refractivity contribution in [2.45, 2.75) is 20.8 Å². The Hall–Kier alpha value is -4.70. The quantitative estimate of drug-likeness (QED) is 0.229. The predicted octanol–water partition coefficient (Wildman–Crippen LogP) is 5.88. The maximum atomic E-state index is 14.1. The normalized spacial score (nSPS) is 12.2. The fourth-order valence-electron chi connectivity index (χ4n) is 4.20. The number of H-pyrrole nitrogens is 2. The Morgan fingerprint density at radius 3 is 2.74 bits per heavy atom. The molecule has 4 heterocycles. The minimum Gasteiger partial charge on any atom is -0.392 e. The molecule has 0 aliphatic carbocycles. The maximum Gasteiger partial charge on any atom is 0.135 e. The largest absolute Gasteiger partial charge is 0.392 e. The highest BCUT2D eigenvalue weighted by Crippen LogP contribution is 2.34. The second-order valence-electron chi connectivity index (χ2n) is 8.23. The summed E-state index contributed by atoms with van der Waals surface area (Å²) in [5.74, 6) is 5.39. The van der Waals surface area contributed by atoms with Crippen LogP contribution in [0, 0.1) is 24.6 Å². The van der Waals surface area contributed by atoms with E-state index in [-0.39, 0.29) is 5.82 Å². The van der Waals surface area contributed by atoms with Gasteiger partial charge in [-0.1, -0.05) is 18.1 Å². The average molecular weight is 463 g/mol. The lowest BCUT2D eigenvalue weighted by Gasteiger charge is -2.05. The lowest BCUT2D eigenvalue weighted by Crippen LogP contribution is -1.96. The van der Waals surface area contributed by atoms with Crippen LogP contribution in [0.1, 0.15) is 25.1 Å². The number of aryl methyl sites for hydroxylation is 1. The van der Waals surface area contributed by atoms with Crippen molar-refractivity contribution in [2.24, 2.45) is 5.73 Å². The number of halogens is 1. The van der Waals surface area contributed by atoms with Crippen LogP contribution < -0.4 is 5.73 Å². The van der Waals surface area contributed by atoms with E-state index in [0.717, 1.165) is 55.6 Å². The van der Waals surface area contributed by atoms with Crippen molar-refractivity contribution in [1.82, 2.24) is 25.1 Å². The number of benzene rings is 1. The van der Waals surface area contributed by atoms with Gasteiger partial charge < -0.3 is 10.7 Å². The second-order valence-corrected chi connectivity index (χ2v) is 8.23. The molecule has 7 heteroatoms. The molecule has 0 saturated carbocycles. The number of pyridine rings is 2. The van der Waals surface area contributed by atoms with E-state index >= 15 is 0 Å². The number of rotatable bonds is 4. The Balaban J connectivity index is 1.63. The third-order valence-corrected chi connectivity index (χ3v) is 5.75. The summed E-state index contributed by atoms with van der Waals surface area (Å²) in [6, 6.07) is 10.8. The first kappa shape index (κ1) is 22.1. The van der Waals surface area contributed by atoms with Crippen LogP contribution in [0.4, 0.5) is 4.39 Å². The van der Waals surface area contributed by atoms with Crippen LogP contribution in [-0.4, -0.2) is 25.1 Å². The summed E-state index contributed by atoms with van der Waals surface area (Å²) >= 11 is 0. The maximum absolute atomic E-state index is 14.1. The number of aromatic nitrogens is 5. The molecular weight excluding hydrogens is 439 g/mol. The van der Waals surface area contributed by atoms with Gasteiger partial charge in [0, 0.05) is 17.1 Å². The molecule has 172 valence electrons. The van der Waals surface area contributed by atoms with Gasteiger partial charge in [-0.2, -0.15) is 5.10 Å². The molecule has 0 aliphatic rings. The smallest absolute Gasteiger partial charge is 0.135 e. The van der Waals surface area contributed by atoms with E-state index < -0.39 is 0 Å². The molecule has 5 aromatic rings. The summed E-state index contributed by atoms with van der Waals surface area (Å²) < 4.78 is 14.1. The molecule has 0 radical (unpaired) electrons. The molecule has 0 amide bonds. The molecule has 0 saturated heterocycles. The Morgan fingerprint density at radius 1 is 1.11 bits per heavy atom. The van der Waals surface area contributed by atoms with E-state index in [4.69, 9.17) is 10.7 Å². The summed E-state index contributed by atoms with van der Waals surface area (Å²) in [6.45, 7) is 5.55. The predicted molar refractivity (Wildman–Crippen MR) is 138 cm³/mol. The highest BCUT2D eigenvalue weighted by atomic mass is 19.1. The number of hydrogen-bond acceptors (Lipinski definition) is 4. The van der Waals surface area contributed by atoms with E-state index in [1.54, 1.807) is 19.3 Å². The lowest BCUT2D eigenvalue weighted by atomic mass is 10.0. The van der Waals surface area contributed by atoms with E-state index in [1.807, 2.05) is 50.3 Å². The Labute approximate surface area is 201 Å². The van der Waals surface area contributed by atoms with Crippen molar-refractivity contribution in [1.29, 1.82) is 0 Å². The van der Waals surface area contributed by atoms with Crippen LogP contribution in [0.25, 0.3) is 50.0 Å². The minimum atomic E-state index is -0.276. The SMILES string of the molecule is CC#C/C(N)=C\C(=C/C)c1ccc2[nH]nc(-c3cc4c(-c5cc(C)cc(F)c5)cncc4[nH]3)c2n1. The average Bonchev–Trinajstić information content (AvgIpc) is 3.45. The fourth-order valence-corrected chi connectivity index (χ4v) is 4.20. The Bertz CT molecular complexity index is 1690. The van der Waals surface area contributed by atoms with Crippen molar-refractivity contribution in [3.63, 3.8) is 0 Å². The van der Waals surface area contributed by atoms with Crippen molar-refractivity contribution in [3.8, 4) is 34.4 Å². The van der Waals surface area contributed by atoms with E-state index in [1.165, 1.54) is 12.1 Å². The van der Waals surface area contributed by atoms with Crippen LogP contribution in [0.3, 0.4) is 0 Å². The summed E-state index contributed by atoms with van der Waals surface area (Å²) in [7, 11) is 0. The van der Waals surface area contributed by atoms with Crippen LogP contribution in [0.5, 0.6) is 0 Å². The number of nitrogens with zero attached hydrogens (tertiary/aromatic N) is 3. The van der Waals surface area contributed by atoms with Gasteiger partial charge in [-0.25, -0.2) is 9.37 Å². The molecule has 0 bridgehead atoms. The Kier molecular flexibility index (Phi) is 5.63. The standard InChI is InChI=1S/C28H23FN6/c1-4-6-20(30)12-17(5-2)23-7-8-24-27(33-23)28(35-34-24)25-13-21-22(14-31-15-26(21)32-25)18-9-16(3)10-19(29)11-18/h5,7-15,32H,30H2,1-3H3,(H,34,35)/b17-5+,20-12+. The van der Waals surface area contributed by atoms with Gasteiger partial charge in [0.25, 0.3) is 0 Å². The number of aromatic amines is 2. The molecule has 4 N–H and O–H groups in total. The second kappa shape index (κ2) is 8.92. The summed E-state index contributed by atoms with van der Waals surface area (Å²) in [4.78, 5) is 12.6. The van der Waals surface area contributed by atoms with Gasteiger partial charge in [0.05, 0.1) is 34.3 Å². The first-order valence-electron chi connectivity index (χ1n) is 11.1. The van der Waals surface area contributed by atoms with Crippen LogP contribution >= 0.6 is 0 Å². The van der Waals surface area contributed by atoms with Gasteiger partial charge >= 0.3 is 0 Å². The monoisotopic (exact) mass is 462 g/mol. The van der Waals surface area contributed by atoms with Crippen LogP contribution in [0.15, 0.2) is 66.6 Å². The van der Waals surface area contributed by atoms with Crippen molar-refractivity contribution >= 4 is 27.5 Å². The molecule has 6 nitrogen and oxygen atoms in total. The van der Waals surface area contributed by atoms with E-state index in [9.17, 15) is 4.39 Å². The third kappa shape index (κ3) is 4.18. The molecule has 0 spiro atoms. The molecule has 0 aliphatic heterocycles. The van der Waals surface area contributed by atoms with Crippen molar-refractivity contribution in [2.75, 3.05) is 0 Å². The van der Waals surface area contributed by atoms with Gasteiger partial charge in [0.1, 0.15) is 17.0 Å². The van der Waals surface area contributed by atoms with Crippen LogP contribution in [-0.2, 0) is 0 Å². The lowest BCUT2D eigenvalue weighted by molar-refractivity contribution is 0.627. The molecule has 4 aromatic heterocycles. The van der Waals surface area contributed by atoms with E-state index in [0.29, 0.717) is 11.4 Å². The summed E-state index contributed by atoms with van der Waals surface area (Å²) in [6.07, 6.45) is 7.26. The zero-order chi connectivity index (χ0) is 24.5. The molecule has 0 atom stereocenters. The van der Waals surface area contributed by atoms with Gasteiger partial charge in [-0.15, -0.1) is 0 Å². The molecule has 0 fully saturated rings. The molecular formula is C28H23FN6. The fraction of sp³-hybridized carbons (Fsp3) is 0.107. The first-order valence-corrected chi connectivity index (χ1v) is 11.1. The number of nitrogens with two attached hydrogens (primary N) is 1. The van der Waals surface area contributed by atoms with Crippen LogP contribution in [0.2, 0.25) is 0 Å².